The maximum atomic E-state index is 13.2. The quantitative estimate of drug-likeness (QED) is 0.269. The lowest BCUT2D eigenvalue weighted by Crippen LogP contribution is -2.57. The van der Waals surface area contributed by atoms with Gasteiger partial charge in [-0.2, -0.15) is 0 Å². The Hall–Kier alpha value is -1.40. The third-order valence-corrected chi connectivity index (χ3v) is 10.2. The van der Waals surface area contributed by atoms with Crippen LogP contribution in [0.5, 0.6) is 0 Å². The molecule has 6 heteroatoms. The van der Waals surface area contributed by atoms with Gasteiger partial charge in [-0.25, -0.2) is 4.79 Å². The predicted molar refractivity (Wildman–Crippen MR) is 120 cm³/mol. The Balaban J connectivity index is 1.02. The predicted octanol–water partition coefficient (Wildman–Crippen LogP) is 4.01. The van der Waals surface area contributed by atoms with Gasteiger partial charge in [-0.15, -0.1) is 0 Å². The second-order valence-corrected chi connectivity index (χ2v) is 12.7. The van der Waals surface area contributed by atoms with Gasteiger partial charge in [-0.1, -0.05) is 6.58 Å². The Morgan fingerprint density at radius 2 is 1.52 bits per heavy atom. The molecule has 182 valence electrons. The zero-order valence-electron chi connectivity index (χ0n) is 19.8. The zero-order chi connectivity index (χ0) is 23.0. The average molecular weight is 459 g/mol. The summed E-state index contributed by atoms with van der Waals surface area (Å²) >= 11 is 0. The van der Waals surface area contributed by atoms with Crippen LogP contribution in [0, 0.1) is 46.8 Å². The van der Waals surface area contributed by atoms with Crippen LogP contribution in [-0.2, 0) is 23.8 Å². The molecular weight excluding hydrogens is 420 g/mol. The van der Waals surface area contributed by atoms with Crippen LogP contribution in [0.4, 0.5) is 0 Å². The van der Waals surface area contributed by atoms with Crippen LogP contribution in [0.1, 0.15) is 71.1 Å². The van der Waals surface area contributed by atoms with Crippen molar-refractivity contribution in [3.05, 3.63) is 12.2 Å². The summed E-state index contributed by atoms with van der Waals surface area (Å²) in [6.07, 6.45) is 9.64. The molecule has 8 saturated carbocycles. The molecule has 4 unspecified atom stereocenters. The molecule has 8 aliphatic rings. The summed E-state index contributed by atoms with van der Waals surface area (Å²) in [6.45, 7) is 6.05. The summed E-state index contributed by atoms with van der Waals surface area (Å²) in [7, 11) is 0. The van der Waals surface area contributed by atoms with Crippen LogP contribution >= 0.6 is 0 Å². The fourth-order valence-corrected chi connectivity index (χ4v) is 9.44. The summed E-state index contributed by atoms with van der Waals surface area (Å²) in [6, 6.07) is 0. The number of ether oxygens (including phenoxy) is 3. The van der Waals surface area contributed by atoms with Gasteiger partial charge in [-0.05, 0) is 113 Å². The molecular formula is C27H38O6. The highest BCUT2D eigenvalue weighted by Crippen LogP contribution is 2.61. The van der Waals surface area contributed by atoms with Crippen molar-refractivity contribution in [1.82, 2.24) is 0 Å². The van der Waals surface area contributed by atoms with Gasteiger partial charge in [0.25, 0.3) is 0 Å². The topological polar surface area (TPSA) is 82.1 Å². The minimum Gasteiger partial charge on any atom is -0.458 e. The molecule has 8 bridgehead atoms. The van der Waals surface area contributed by atoms with E-state index in [1.165, 1.54) is 12.8 Å². The Morgan fingerprint density at radius 3 is 2.12 bits per heavy atom. The fraction of sp³-hybridized carbons (Fsp3) is 0.852. The summed E-state index contributed by atoms with van der Waals surface area (Å²) in [5, 5.41) is 10.8. The van der Waals surface area contributed by atoms with E-state index in [4.69, 9.17) is 14.2 Å². The Morgan fingerprint density at radius 1 is 0.909 bits per heavy atom. The van der Waals surface area contributed by atoms with E-state index in [9.17, 15) is 14.7 Å². The number of carbonyl (C=O) groups is 2. The van der Waals surface area contributed by atoms with Crippen molar-refractivity contribution in [2.24, 2.45) is 46.8 Å². The van der Waals surface area contributed by atoms with Gasteiger partial charge in [0, 0.05) is 5.57 Å². The van der Waals surface area contributed by atoms with Gasteiger partial charge in [0.1, 0.15) is 6.10 Å². The lowest BCUT2D eigenvalue weighted by atomic mass is 9.48. The number of hydrogen-bond acceptors (Lipinski definition) is 6. The van der Waals surface area contributed by atoms with Gasteiger partial charge in [0.15, 0.2) is 6.79 Å². The van der Waals surface area contributed by atoms with E-state index in [0.29, 0.717) is 41.8 Å². The molecule has 0 radical (unpaired) electrons. The molecule has 0 amide bonds. The molecule has 0 spiro atoms. The number of esters is 2. The van der Waals surface area contributed by atoms with E-state index < -0.39 is 11.0 Å². The third-order valence-electron chi connectivity index (χ3n) is 10.2. The second-order valence-electron chi connectivity index (χ2n) is 12.7. The molecule has 1 N–H and O–H groups in total. The van der Waals surface area contributed by atoms with Crippen LogP contribution in [0.3, 0.4) is 0 Å². The van der Waals surface area contributed by atoms with Gasteiger partial charge < -0.3 is 19.3 Å². The number of rotatable bonds is 7. The summed E-state index contributed by atoms with van der Waals surface area (Å²) in [5.74, 6) is 2.87. The first-order valence-corrected chi connectivity index (χ1v) is 13.1. The summed E-state index contributed by atoms with van der Waals surface area (Å²) < 4.78 is 17.4. The van der Waals surface area contributed by atoms with Gasteiger partial charge in [0.05, 0.1) is 17.6 Å². The standard InChI is InChI=1S/C27H38O6/c1-15(2)24(28)33-23-20-5-16-6-21(23)10-26(7-16,9-20)25(29)32-14-31-13-22-18-3-17-4-19(22)12-27(30,8-17)11-18/h16-23,30H,1,3-14H2,2H3. The van der Waals surface area contributed by atoms with E-state index in [1.54, 1.807) is 6.92 Å². The van der Waals surface area contributed by atoms with Gasteiger partial charge >= 0.3 is 11.9 Å². The van der Waals surface area contributed by atoms with Crippen LogP contribution in [0.25, 0.3) is 0 Å². The molecule has 8 rings (SSSR count). The van der Waals surface area contributed by atoms with E-state index >= 15 is 0 Å². The molecule has 8 aliphatic carbocycles. The molecule has 0 aromatic heterocycles. The molecule has 33 heavy (non-hydrogen) atoms. The smallest absolute Gasteiger partial charge is 0.333 e. The summed E-state index contributed by atoms with van der Waals surface area (Å²) in [4.78, 5) is 25.3. The molecule has 0 aromatic carbocycles. The minimum atomic E-state index is -0.433. The lowest BCUT2D eigenvalue weighted by molar-refractivity contribution is -0.204. The van der Waals surface area contributed by atoms with Crippen LogP contribution < -0.4 is 0 Å². The van der Waals surface area contributed by atoms with Crippen molar-refractivity contribution in [2.45, 2.75) is 82.8 Å². The minimum absolute atomic E-state index is 0.0261. The molecule has 4 atom stereocenters. The summed E-state index contributed by atoms with van der Waals surface area (Å²) in [5.41, 5.74) is -0.421. The highest BCUT2D eigenvalue weighted by atomic mass is 16.7. The normalized spacial score (nSPS) is 48.7. The van der Waals surface area contributed by atoms with Crippen molar-refractivity contribution in [3.63, 3.8) is 0 Å². The lowest BCUT2D eigenvalue weighted by Gasteiger charge is -2.58. The maximum absolute atomic E-state index is 13.2. The van der Waals surface area contributed by atoms with E-state index in [-0.39, 0.29) is 36.7 Å². The third kappa shape index (κ3) is 3.76. The van der Waals surface area contributed by atoms with E-state index in [0.717, 1.165) is 51.4 Å². The number of carbonyl (C=O) groups excluding carboxylic acids is 2. The van der Waals surface area contributed by atoms with Gasteiger partial charge in [0.2, 0.25) is 0 Å². The molecule has 0 saturated heterocycles. The van der Waals surface area contributed by atoms with Crippen molar-refractivity contribution >= 4 is 11.9 Å². The van der Waals surface area contributed by atoms with Crippen LogP contribution in [0.2, 0.25) is 0 Å². The zero-order valence-corrected chi connectivity index (χ0v) is 19.8. The van der Waals surface area contributed by atoms with E-state index in [1.807, 2.05) is 0 Å². The van der Waals surface area contributed by atoms with Crippen molar-refractivity contribution in [2.75, 3.05) is 13.4 Å². The first-order valence-electron chi connectivity index (χ1n) is 13.1. The first-order chi connectivity index (χ1) is 15.7. The Bertz CT molecular complexity index is 818. The van der Waals surface area contributed by atoms with Crippen LogP contribution in [0.15, 0.2) is 12.2 Å². The monoisotopic (exact) mass is 458 g/mol. The Kier molecular flexibility index (Phi) is 5.23. The van der Waals surface area contributed by atoms with Crippen molar-refractivity contribution in [3.8, 4) is 0 Å². The highest BCUT2D eigenvalue weighted by Gasteiger charge is 2.60. The Labute approximate surface area is 196 Å². The van der Waals surface area contributed by atoms with Crippen molar-refractivity contribution < 1.29 is 28.9 Å². The molecule has 8 fully saturated rings. The van der Waals surface area contributed by atoms with Crippen LogP contribution in [-0.4, -0.2) is 42.1 Å². The second kappa shape index (κ2) is 7.81. The maximum Gasteiger partial charge on any atom is 0.333 e. The highest BCUT2D eigenvalue weighted by molar-refractivity contribution is 5.87. The first kappa shape index (κ1) is 22.1. The SMILES string of the molecule is C=C(C)C(=O)OC1C2CC3CC1CC(C(=O)OCOCC1C4CC5CC1CC(O)(C5)C4)(C3)C2. The molecule has 0 heterocycles. The molecule has 0 aliphatic heterocycles. The molecule has 0 aromatic rings. The van der Waals surface area contributed by atoms with Gasteiger partial charge in [-0.3, -0.25) is 4.79 Å². The van der Waals surface area contributed by atoms with E-state index in [2.05, 4.69) is 6.58 Å². The average Bonchev–Trinajstić information content (AvgIpc) is 2.73. The number of aliphatic hydroxyl groups is 1. The molecule has 6 nitrogen and oxygen atoms in total. The van der Waals surface area contributed by atoms with Crippen molar-refractivity contribution in [1.29, 1.82) is 0 Å². The largest absolute Gasteiger partial charge is 0.458 e. The number of hydrogen-bond donors (Lipinski definition) is 1. The fourth-order valence-electron chi connectivity index (χ4n) is 9.44.